The maximum absolute atomic E-state index is 9.22. The van der Waals surface area contributed by atoms with Gasteiger partial charge in [0.15, 0.2) is 0 Å². The lowest BCUT2D eigenvalue weighted by molar-refractivity contribution is 0.281. The van der Waals surface area contributed by atoms with Crippen molar-refractivity contribution in [1.29, 1.82) is 0 Å². The molecule has 3 N–H and O–H groups in total. The monoisotopic (exact) mass is 376 g/mol. The maximum Gasteiger partial charge on any atom is 0.225 e. The summed E-state index contributed by atoms with van der Waals surface area (Å²) < 4.78 is 1.06. The number of aliphatic hydroxyl groups is 1. The highest BCUT2D eigenvalue weighted by Gasteiger charge is 2.26. The average Bonchev–Trinajstić information content (AvgIpc) is 3.34. The van der Waals surface area contributed by atoms with Gasteiger partial charge in [0.05, 0.1) is 12.3 Å². The molecule has 1 heterocycles. The van der Waals surface area contributed by atoms with Crippen LogP contribution in [0.4, 0.5) is 17.5 Å². The van der Waals surface area contributed by atoms with Crippen LogP contribution in [0.1, 0.15) is 36.9 Å². The minimum absolute atomic E-state index is 0.0472. The van der Waals surface area contributed by atoms with Crippen molar-refractivity contribution >= 4 is 33.4 Å². The van der Waals surface area contributed by atoms with Crippen LogP contribution in [-0.2, 0) is 0 Å². The van der Waals surface area contributed by atoms with Crippen molar-refractivity contribution in [3.63, 3.8) is 0 Å². The number of nitrogens with one attached hydrogen (secondary N) is 2. The van der Waals surface area contributed by atoms with Crippen molar-refractivity contribution < 1.29 is 5.11 Å². The van der Waals surface area contributed by atoms with Crippen LogP contribution >= 0.6 is 15.9 Å². The predicted octanol–water partition coefficient (Wildman–Crippen LogP) is 3.96. The lowest BCUT2D eigenvalue weighted by Crippen LogP contribution is -2.21. The van der Waals surface area contributed by atoms with Crippen LogP contribution in [0, 0.1) is 6.92 Å². The standard InChI is InChI=1S/C17H21BrN4O/c1-10-7-13(18)5-6-14(10)20-16-8-15(12-3-4-12)21-17(22-16)19-11(2)9-23/h5-8,11-12,23H,3-4,9H2,1-2H3,(H2,19,20,21,22)/t11-/m0/s1. The van der Waals surface area contributed by atoms with Crippen LogP contribution in [-0.4, -0.2) is 27.7 Å². The molecule has 0 radical (unpaired) electrons. The summed E-state index contributed by atoms with van der Waals surface area (Å²) in [5.74, 6) is 1.88. The summed E-state index contributed by atoms with van der Waals surface area (Å²) in [6, 6.07) is 8.05. The van der Waals surface area contributed by atoms with Gasteiger partial charge < -0.3 is 15.7 Å². The summed E-state index contributed by atoms with van der Waals surface area (Å²) in [7, 11) is 0. The Morgan fingerprint density at radius 1 is 1.30 bits per heavy atom. The fourth-order valence-corrected chi connectivity index (χ4v) is 2.83. The van der Waals surface area contributed by atoms with Gasteiger partial charge in [0.25, 0.3) is 0 Å². The van der Waals surface area contributed by atoms with Crippen molar-refractivity contribution in [2.24, 2.45) is 0 Å². The van der Waals surface area contributed by atoms with Gasteiger partial charge in [0.2, 0.25) is 5.95 Å². The van der Waals surface area contributed by atoms with Crippen LogP contribution in [0.5, 0.6) is 0 Å². The molecule has 0 spiro atoms. The van der Waals surface area contributed by atoms with Gasteiger partial charge in [-0.05, 0) is 50.5 Å². The van der Waals surface area contributed by atoms with Gasteiger partial charge in [-0.15, -0.1) is 0 Å². The van der Waals surface area contributed by atoms with Gasteiger partial charge in [0.1, 0.15) is 5.82 Å². The van der Waals surface area contributed by atoms with Crippen LogP contribution in [0.25, 0.3) is 0 Å². The summed E-state index contributed by atoms with van der Waals surface area (Å²) in [5.41, 5.74) is 3.23. The van der Waals surface area contributed by atoms with E-state index in [9.17, 15) is 5.11 Å². The van der Waals surface area contributed by atoms with Crippen molar-refractivity contribution in [2.75, 3.05) is 17.2 Å². The smallest absolute Gasteiger partial charge is 0.225 e. The second-order valence-corrected chi connectivity index (χ2v) is 7.00. The third-order valence-electron chi connectivity index (χ3n) is 3.84. The molecule has 1 atom stereocenters. The Balaban J connectivity index is 1.87. The van der Waals surface area contributed by atoms with Gasteiger partial charge in [0, 0.05) is 28.2 Å². The molecule has 1 aromatic carbocycles. The Kier molecular flexibility index (Phi) is 4.82. The number of aryl methyl sites for hydroxylation is 1. The number of rotatable bonds is 6. The molecule has 0 aliphatic heterocycles. The van der Waals surface area contributed by atoms with Crippen molar-refractivity contribution in [3.8, 4) is 0 Å². The summed E-state index contributed by atoms with van der Waals surface area (Å²) in [6.45, 7) is 4.01. The molecule has 0 bridgehead atoms. The van der Waals surface area contributed by atoms with Crippen molar-refractivity contribution in [1.82, 2.24) is 9.97 Å². The van der Waals surface area contributed by atoms with E-state index in [4.69, 9.17) is 0 Å². The summed E-state index contributed by atoms with van der Waals surface area (Å²) in [5, 5.41) is 15.7. The van der Waals surface area contributed by atoms with E-state index in [0.29, 0.717) is 11.9 Å². The SMILES string of the molecule is Cc1cc(Br)ccc1Nc1cc(C2CC2)nc(N[C@@H](C)CO)n1. The minimum Gasteiger partial charge on any atom is -0.394 e. The third-order valence-corrected chi connectivity index (χ3v) is 4.34. The molecule has 3 rings (SSSR count). The average molecular weight is 377 g/mol. The van der Waals surface area contributed by atoms with Gasteiger partial charge in [-0.2, -0.15) is 4.98 Å². The molecule has 0 amide bonds. The van der Waals surface area contributed by atoms with Crippen LogP contribution < -0.4 is 10.6 Å². The molecule has 0 saturated heterocycles. The highest BCUT2D eigenvalue weighted by Crippen LogP contribution is 2.40. The van der Waals surface area contributed by atoms with Crippen LogP contribution in [0.15, 0.2) is 28.7 Å². The second-order valence-electron chi connectivity index (χ2n) is 6.09. The second kappa shape index (κ2) is 6.84. The normalized spacial score (nSPS) is 15.3. The number of anilines is 3. The molecule has 6 heteroatoms. The van der Waals surface area contributed by atoms with E-state index in [1.807, 2.05) is 25.1 Å². The first kappa shape index (κ1) is 16.2. The number of nitrogens with zero attached hydrogens (tertiary/aromatic N) is 2. The minimum atomic E-state index is -0.0771. The fourth-order valence-electron chi connectivity index (χ4n) is 2.35. The molecule has 1 fully saturated rings. The summed E-state index contributed by atoms with van der Waals surface area (Å²) >= 11 is 3.48. The molecule has 1 saturated carbocycles. The number of benzene rings is 1. The van der Waals surface area contributed by atoms with Gasteiger partial charge in [-0.1, -0.05) is 15.9 Å². The van der Waals surface area contributed by atoms with E-state index >= 15 is 0 Å². The topological polar surface area (TPSA) is 70.1 Å². The number of hydrogen-bond acceptors (Lipinski definition) is 5. The van der Waals surface area contributed by atoms with Crippen molar-refractivity contribution in [3.05, 3.63) is 40.0 Å². The zero-order valence-corrected chi connectivity index (χ0v) is 14.9. The molecule has 23 heavy (non-hydrogen) atoms. The first-order valence-corrected chi connectivity index (χ1v) is 8.64. The molecule has 0 unspecified atom stereocenters. The van der Waals surface area contributed by atoms with E-state index in [0.717, 1.165) is 27.2 Å². The molecular formula is C17H21BrN4O. The molecule has 1 aliphatic carbocycles. The summed E-state index contributed by atoms with van der Waals surface area (Å²) in [4.78, 5) is 9.11. The quantitative estimate of drug-likeness (QED) is 0.711. The first-order valence-electron chi connectivity index (χ1n) is 7.84. The van der Waals surface area contributed by atoms with E-state index in [2.05, 4.69) is 49.5 Å². The largest absolute Gasteiger partial charge is 0.394 e. The Bertz CT molecular complexity index is 703. The maximum atomic E-state index is 9.22. The number of aliphatic hydroxyl groups excluding tert-OH is 1. The molecule has 1 aliphatic rings. The predicted molar refractivity (Wildman–Crippen MR) is 96.3 cm³/mol. The van der Waals surface area contributed by atoms with Crippen molar-refractivity contribution in [2.45, 2.75) is 38.6 Å². The Labute approximate surface area is 144 Å². The van der Waals surface area contributed by atoms with Gasteiger partial charge >= 0.3 is 0 Å². The molecule has 1 aromatic heterocycles. The lowest BCUT2D eigenvalue weighted by Gasteiger charge is -2.15. The zero-order chi connectivity index (χ0) is 16.4. The Hall–Kier alpha value is -1.66. The van der Waals surface area contributed by atoms with Gasteiger partial charge in [-0.3, -0.25) is 0 Å². The highest BCUT2D eigenvalue weighted by molar-refractivity contribution is 9.10. The Morgan fingerprint density at radius 3 is 2.74 bits per heavy atom. The van der Waals surface area contributed by atoms with E-state index in [1.165, 1.54) is 12.8 Å². The van der Waals surface area contributed by atoms with Crippen LogP contribution in [0.3, 0.4) is 0 Å². The number of halogens is 1. The number of hydrogen-bond donors (Lipinski definition) is 3. The fraction of sp³-hybridized carbons (Fsp3) is 0.412. The molecular weight excluding hydrogens is 356 g/mol. The molecule has 2 aromatic rings. The Morgan fingerprint density at radius 2 is 2.09 bits per heavy atom. The van der Waals surface area contributed by atoms with Gasteiger partial charge in [-0.25, -0.2) is 4.98 Å². The number of aromatic nitrogens is 2. The zero-order valence-electron chi connectivity index (χ0n) is 13.3. The lowest BCUT2D eigenvalue weighted by atomic mass is 10.2. The summed E-state index contributed by atoms with van der Waals surface area (Å²) in [6.07, 6.45) is 2.37. The third kappa shape index (κ3) is 4.20. The van der Waals surface area contributed by atoms with E-state index < -0.39 is 0 Å². The van der Waals surface area contributed by atoms with E-state index in [1.54, 1.807) is 0 Å². The highest BCUT2D eigenvalue weighted by atomic mass is 79.9. The van der Waals surface area contributed by atoms with Crippen LogP contribution in [0.2, 0.25) is 0 Å². The van der Waals surface area contributed by atoms with E-state index in [-0.39, 0.29) is 12.6 Å². The first-order chi connectivity index (χ1) is 11.0. The molecule has 5 nitrogen and oxygen atoms in total. The molecule has 122 valence electrons.